The van der Waals surface area contributed by atoms with E-state index in [1.165, 1.54) is 37.1 Å². The number of anilines is 2. The van der Waals surface area contributed by atoms with E-state index in [0.29, 0.717) is 0 Å². The van der Waals surface area contributed by atoms with Crippen LogP contribution in [0, 0.1) is 0 Å². The second kappa shape index (κ2) is 12.1. The van der Waals surface area contributed by atoms with Crippen molar-refractivity contribution in [1.29, 1.82) is 0 Å². The molecular weight excluding hydrogens is 535 g/mol. The summed E-state index contributed by atoms with van der Waals surface area (Å²) in [6.45, 7) is 11.3. The molecule has 0 unspecified atom stereocenters. The number of aliphatic hydroxyl groups excluding tert-OH is 2. The number of likely N-dealkylation sites (N-methyl/N-ethyl adjacent to an activating group) is 2. The Labute approximate surface area is 242 Å². The molecule has 0 saturated carbocycles. The fourth-order valence-electron chi connectivity index (χ4n) is 5.30. The van der Waals surface area contributed by atoms with Crippen LogP contribution in [0.5, 0.6) is 0 Å². The molecule has 2 heterocycles. The van der Waals surface area contributed by atoms with Crippen LogP contribution in [0.15, 0.2) is 95.7 Å². The number of rotatable bonds is 4. The number of carbonyl (C=O) groups is 2. The molecule has 1 radical (unpaired) electrons. The van der Waals surface area contributed by atoms with E-state index in [1.54, 1.807) is 12.2 Å². The van der Waals surface area contributed by atoms with Gasteiger partial charge in [0.1, 0.15) is 11.5 Å². The Kier molecular flexibility index (Phi) is 9.82. The summed E-state index contributed by atoms with van der Waals surface area (Å²) >= 11 is 0. The normalized spacial score (nSPS) is 19.2. The molecule has 2 aromatic rings. The first-order valence-electron chi connectivity index (χ1n) is 12.6. The topological polar surface area (TPSA) is 81.1 Å². The minimum atomic E-state index is -0.191. The van der Waals surface area contributed by atoms with Crippen molar-refractivity contribution in [3.63, 3.8) is 0 Å². The number of aliphatic hydroxyl groups is 2. The maximum absolute atomic E-state index is 11.0. The van der Waals surface area contributed by atoms with Crippen LogP contribution in [0.25, 0.3) is 0 Å². The summed E-state index contributed by atoms with van der Waals surface area (Å²) < 4.78 is 0. The number of nitrogens with zero attached hydrogens (tertiary/aromatic N) is 2. The molecule has 4 rings (SSSR count). The van der Waals surface area contributed by atoms with Crippen LogP contribution in [0.2, 0.25) is 0 Å². The van der Waals surface area contributed by atoms with E-state index < -0.39 is 0 Å². The molecule has 0 bridgehead atoms. The first-order valence-corrected chi connectivity index (χ1v) is 12.6. The van der Waals surface area contributed by atoms with Gasteiger partial charge in [-0.25, -0.2) is 0 Å². The largest absolute Gasteiger partial charge is 0.508 e. The molecule has 0 spiro atoms. The van der Waals surface area contributed by atoms with Crippen LogP contribution in [0.4, 0.5) is 11.4 Å². The molecule has 7 heteroatoms. The Bertz CT molecular complexity index is 1280. The van der Waals surface area contributed by atoms with Gasteiger partial charge in [-0.05, 0) is 37.1 Å². The number of benzene rings is 2. The number of allylic oxidation sites excluding steroid dienone is 6. The average molecular weight is 574 g/mol. The summed E-state index contributed by atoms with van der Waals surface area (Å²) in [6, 6.07) is 16.3. The Morgan fingerprint density at radius 2 is 0.974 bits per heavy atom. The Morgan fingerprint density at radius 3 is 1.26 bits per heavy atom. The molecular formula is C32H38CoN2O4. The van der Waals surface area contributed by atoms with Crippen LogP contribution in [0.3, 0.4) is 0 Å². The third kappa shape index (κ3) is 6.54. The van der Waals surface area contributed by atoms with Gasteiger partial charge in [-0.2, -0.15) is 0 Å². The molecule has 2 aromatic carbocycles. The zero-order valence-electron chi connectivity index (χ0n) is 23.9. The van der Waals surface area contributed by atoms with Crippen LogP contribution < -0.4 is 9.80 Å². The number of hydrogen-bond donors (Lipinski definition) is 2. The van der Waals surface area contributed by atoms with Gasteiger partial charge in [0.2, 0.25) is 0 Å². The molecule has 2 aliphatic rings. The predicted molar refractivity (Wildman–Crippen MR) is 155 cm³/mol. The quantitative estimate of drug-likeness (QED) is 0.315. The number of para-hydroxylation sites is 2. The van der Waals surface area contributed by atoms with E-state index in [0.717, 1.165) is 22.8 Å². The fourth-order valence-corrected chi connectivity index (χ4v) is 5.30. The van der Waals surface area contributed by atoms with Crippen molar-refractivity contribution in [3.8, 4) is 0 Å². The summed E-state index contributed by atoms with van der Waals surface area (Å²) in [4.78, 5) is 26.1. The SMILES string of the molecule is CC(=O)/C=C(\O)C=C1N(C)c2ccccc2C1(C)C.CC(=O)/C=C(\O)C=C1N(C)c2ccccc2C1(C)C.[Co]. The van der Waals surface area contributed by atoms with Crippen molar-refractivity contribution in [3.05, 3.63) is 107 Å². The van der Waals surface area contributed by atoms with Crippen molar-refractivity contribution >= 4 is 22.9 Å². The number of hydrogen-bond acceptors (Lipinski definition) is 6. The maximum atomic E-state index is 11.0. The summed E-state index contributed by atoms with van der Waals surface area (Å²) in [5, 5.41) is 19.7. The first-order chi connectivity index (χ1) is 17.7. The third-order valence-corrected chi connectivity index (χ3v) is 7.15. The average Bonchev–Trinajstić information content (AvgIpc) is 3.14. The monoisotopic (exact) mass is 573 g/mol. The van der Waals surface area contributed by atoms with Crippen LogP contribution >= 0.6 is 0 Å². The maximum Gasteiger partial charge on any atom is 0.156 e. The first kappa shape index (κ1) is 31.7. The van der Waals surface area contributed by atoms with Crippen LogP contribution in [-0.2, 0) is 37.2 Å². The van der Waals surface area contributed by atoms with Gasteiger partial charge in [0, 0.05) is 88.8 Å². The summed E-state index contributed by atoms with van der Waals surface area (Å²) in [5.74, 6) is -0.332. The van der Waals surface area contributed by atoms with E-state index in [9.17, 15) is 19.8 Å². The zero-order valence-corrected chi connectivity index (χ0v) is 24.9. The van der Waals surface area contributed by atoms with Gasteiger partial charge in [0.05, 0.1) is 0 Å². The van der Waals surface area contributed by atoms with Crippen molar-refractivity contribution in [2.45, 2.75) is 52.4 Å². The molecule has 0 amide bonds. The molecule has 0 aromatic heterocycles. The molecule has 6 nitrogen and oxygen atoms in total. The fraction of sp³-hybridized carbons (Fsp3) is 0.312. The number of carbonyl (C=O) groups excluding carboxylic acids is 2. The molecule has 2 N–H and O–H groups in total. The Hall–Kier alpha value is -3.55. The smallest absolute Gasteiger partial charge is 0.156 e. The van der Waals surface area contributed by atoms with Crippen molar-refractivity contribution in [2.75, 3.05) is 23.9 Å². The van der Waals surface area contributed by atoms with Crippen molar-refractivity contribution < 1.29 is 36.6 Å². The summed E-state index contributed by atoms with van der Waals surface area (Å²) in [5.41, 5.74) is 6.28. The molecule has 0 saturated heterocycles. The molecule has 0 atom stereocenters. The molecule has 2 aliphatic heterocycles. The number of fused-ring (bicyclic) bond motifs is 2. The summed E-state index contributed by atoms with van der Waals surface area (Å²) in [7, 11) is 3.95. The Balaban J connectivity index is 0.000000267. The van der Waals surface area contributed by atoms with Gasteiger partial charge in [-0.15, -0.1) is 0 Å². The van der Waals surface area contributed by atoms with Crippen LogP contribution in [-0.4, -0.2) is 35.9 Å². The van der Waals surface area contributed by atoms with Gasteiger partial charge in [0.15, 0.2) is 11.6 Å². The van der Waals surface area contributed by atoms with E-state index in [4.69, 9.17) is 0 Å². The third-order valence-electron chi connectivity index (χ3n) is 7.15. The van der Waals surface area contributed by atoms with E-state index in [-0.39, 0.29) is 50.7 Å². The van der Waals surface area contributed by atoms with Gasteiger partial charge in [-0.1, -0.05) is 64.1 Å². The molecule has 0 fully saturated rings. The van der Waals surface area contributed by atoms with E-state index >= 15 is 0 Å². The van der Waals surface area contributed by atoms with E-state index in [2.05, 4.69) is 61.8 Å². The minimum Gasteiger partial charge on any atom is -0.508 e. The summed E-state index contributed by atoms with van der Waals surface area (Å²) in [6.07, 6.45) is 5.81. The molecule has 39 heavy (non-hydrogen) atoms. The standard InChI is InChI=1S/2C16H19NO2.Co/c2*1-11(18)9-12(19)10-15-16(2,3)13-7-5-6-8-14(13)17(15)4;/h2*5-10,19H,1-4H3;/b2*12-9-,15-10?;. The van der Waals surface area contributed by atoms with Gasteiger partial charge in [-0.3, -0.25) is 9.59 Å². The van der Waals surface area contributed by atoms with Crippen molar-refractivity contribution in [2.24, 2.45) is 0 Å². The van der Waals surface area contributed by atoms with Gasteiger partial charge < -0.3 is 20.0 Å². The second-order valence-corrected chi connectivity index (χ2v) is 10.8. The van der Waals surface area contributed by atoms with Gasteiger partial charge in [0.25, 0.3) is 0 Å². The molecule has 0 aliphatic carbocycles. The van der Waals surface area contributed by atoms with Crippen LogP contribution in [0.1, 0.15) is 52.7 Å². The molecule has 209 valence electrons. The van der Waals surface area contributed by atoms with Gasteiger partial charge >= 0.3 is 0 Å². The number of ketones is 2. The van der Waals surface area contributed by atoms with E-state index in [1.807, 2.05) is 38.4 Å². The second-order valence-electron chi connectivity index (χ2n) is 10.8. The Morgan fingerprint density at radius 1 is 0.667 bits per heavy atom. The predicted octanol–water partition coefficient (Wildman–Crippen LogP) is 6.66. The minimum absolute atomic E-state index is 0. The van der Waals surface area contributed by atoms with Crippen molar-refractivity contribution in [1.82, 2.24) is 0 Å². The zero-order chi connectivity index (χ0) is 28.4.